The largest absolute Gasteiger partial charge is 0.462 e. The van der Waals surface area contributed by atoms with Gasteiger partial charge in [0, 0.05) is 24.2 Å². The number of rotatable bonds is 8. The number of halogens is 3. The summed E-state index contributed by atoms with van der Waals surface area (Å²) >= 11 is 0. The van der Waals surface area contributed by atoms with Gasteiger partial charge in [-0.3, -0.25) is 4.79 Å². The van der Waals surface area contributed by atoms with Gasteiger partial charge in [-0.15, -0.1) is 5.10 Å². The zero-order chi connectivity index (χ0) is 22.4. The first-order valence-corrected chi connectivity index (χ1v) is 9.15. The van der Waals surface area contributed by atoms with Gasteiger partial charge in [0.05, 0.1) is 24.9 Å². The first-order valence-electron chi connectivity index (χ1n) is 9.15. The van der Waals surface area contributed by atoms with Gasteiger partial charge in [0.2, 0.25) is 5.78 Å². The van der Waals surface area contributed by atoms with Gasteiger partial charge in [0.15, 0.2) is 11.6 Å². The van der Waals surface area contributed by atoms with E-state index in [2.05, 4.69) is 15.6 Å². The van der Waals surface area contributed by atoms with Crippen molar-refractivity contribution in [1.82, 2.24) is 15.0 Å². The molecule has 0 saturated carbocycles. The van der Waals surface area contributed by atoms with Gasteiger partial charge in [0.25, 0.3) is 0 Å². The number of nitrogens with zero attached hydrogens (tertiary/aromatic N) is 3. The quantitative estimate of drug-likeness (QED) is 0.147. The first kappa shape index (κ1) is 21.8. The van der Waals surface area contributed by atoms with Gasteiger partial charge in [-0.2, -0.15) is 0 Å². The molecule has 0 saturated heterocycles. The smallest absolute Gasteiger partial charge is 0.343 e. The summed E-state index contributed by atoms with van der Waals surface area (Å²) in [5.74, 6) is -6.35. The summed E-state index contributed by atoms with van der Waals surface area (Å²) in [4.78, 5) is 24.9. The molecule has 160 valence electrons. The van der Waals surface area contributed by atoms with E-state index in [1.54, 1.807) is 35.3 Å². The topological polar surface area (TPSA) is 86.1 Å². The Balaban J connectivity index is 1.88. The van der Waals surface area contributed by atoms with Crippen LogP contribution in [0, 0.1) is 17.5 Å². The van der Waals surface area contributed by atoms with E-state index >= 15 is 0 Å². The molecule has 0 unspecified atom stereocenters. The van der Waals surface area contributed by atoms with Crippen LogP contribution in [0.15, 0.2) is 60.6 Å². The van der Waals surface area contributed by atoms with Crippen LogP contribution in [-0.4, -0.2) is 33.4 Å². The molecule has 0 aliphatic carbocycles. The maximum atomic E-state index is 14.0. The highest BCUT2D eigenvalue weighted by Gasteiger charge is 2.25. The second kappa shape index (κ2) is 9.70. The van der Waals surface area contributed by atoms with Gasteiger partial charge in [0.1, 0.15) is 11.4 Å². The molecule has 3 aromatic rings. The van der Waals surface area contributed by atoms with E-state index in [9.17, 15) is 22.8 Å². The molecule has 0 amide bonds. The van der Waals surface area contributed by atoms with Crippen molar-refractivity contribution >= 4 is 17.4 Å². The summed E-state index contributed by atoms with van der Waals surface area (Å²) < 4.78 is 47.2. The predicted octanol–water partition coefficient (Wildman–Crippen LogP) is 3.49. The van der Waals surface area contributed by atoms with E-state index in [1.165, 1.54) is 6.92 Å². The summed E-state index contributed by atoms with van der Waals surface area (Å²) in [5.41, 5.74) is -0.00842. The monoisotopic (exact) mass is 430 g/mol. The zero-order valence-electron chi connectivity index (χ0n) is 16.3. The third kappa shape index (κ3) is 5.35. The van der Waals surface area contributed by atoms with Gasteiger partial charge in [-0.1, -0.05) is 17.3 Å². The fourth-order valence-electron chi connectivity index (χ4n) is 2.69. The Labute approximate surface area is 175 Å². The summed E-state index contributed by atoms with van der Waals surface area (Å²) in [6.07, 6.45) is 4.27. The van der Waals surface area contributed by atoms with Crippen LogP contribution in [0.25, 0.3) is 0 Å². The number of benzene rings is 2. The third-order valence-electron chi connectivity index (χ3n) is 4.12. The van der Waals surface area contributed by atoms with E-state index in [0.717, 1.165) is 11.8 Å². The maximum absolute atomic E-state index is 14.0. The number of hydrogen-bond donors (Lipinski definition) is 1. The van der Waals surface area contributed by atoms with E-state index in [0.29, 0.717) is 18.3 Å². The molecule has 2 aromatic carbocycles. The Bertz CT molecular complexity index is 1130. The number of Topliss-reactive ketones (excluding diaryl/α,β-unsaturated/α-hetero) is 1. The summed E-state index contributed by atoms with van der Waals surface area (Å²) in [6.45, 7) is 1.92. The summed E-state index contributed by atoms with van der Waals surface area (Å²) in [7, 11) is 0. The second-order valence-electron chi connectivity index (χ2n) is 6.30. The molecule has 0 bridgehead atoms. The molecular formula is C21H17F3N4O3. The average molecular weight is 430 g/mol. The number of hydrogen-bond acceptors (Lipinski definition) is 6. The lowest BCUT2D eigenvalue weighted by Gasteiger charge is -2.10. The fraction of sp³-hybridized carbons (Fsp3) is 0.143. The molecule has 1 aromatic heterocycles. The average Bonchev–Trinajstić information content (AvgIpc) is 3.24. The van der Waals surface area contributed by atoms with Crippen LogP contribution in [-0.2, 0) is 16.1 Å². The fourth-order valence-corrected chi connectivity index (χ4v) is 2.69. The number of carbonyl (C=O) groups is 2. The Hall–Kier alpha value is -3.95. The minimum Gasteiger partial charge on any atom is -0.462 e. The van der Waals surface area contributed by atoms with Crippen LogP contribution in [0.3, 0.4) is 0 Å². The van der Waals surface area contributed by atoms with Crippen molar-refractivity contribution in [2.24, 2.45) is 0 Å². The summed E-state index contributed by atoms with van der Waals surface area (Å²) in [5, 5.41) is 10.4. The second-order valence-corrected chi connectivity index (χ2v) is 6.30. The molecule has 0 fully saturated rings. The number of ether oxygens (including phenoxy) is 1. The molecule has 31 heavy (non-hydrogen) atoms. The van der Waals surface area contributed by atoms with Crippen LogP contribution in [0.4, 0.5) is 18.9 Å². The maximum Gasteiger partial charge on any atom is 0.343 e. The van der Waals surface area contributed by atoms with Crippen molar-refractivity contribution in [2.45, 2.75) is 13.5 Å². The van der Waals surface area contributed by atoms with Crippen LogP contribution < -0.4 is 5.32 Å². The molecule has 0 aliphatic rings. The Kier molecular flexibility index (Phi) is 6.81. The molecule has 0 atom stereocenters. The van der Waals surface area contributed by atoms with Crippen molar-refractivity contribution in [1.29, 1.82) is 0 Å². The van der Waals surface area contributed by atoms with E-state index in [-0.39, 0.29) is 12.7 Å². The molecule has 3 rings (SSSR count). The van der Waals surface area contributed by atoms with Crippen molar-refractivity contribution in [3.63, 3.8) is 0 Å². The lowest BCUT2D eigenvalue weighted by atomic mass is 10.0. The number of ketones is 1. The predicted molar refractivity (Wildman–Crippen MR) is 105 cm³/mol. The minimum atomic E-state index is -1.45. The molecule has 0 aliphatic heterocycles. The molecule has 10 heteroatoms. The van der Waals surface area contributed by atoms with E-state index in [4.69, 9.17) is 4.74 Å². The molecule has 7 nitrogen and oxygen atoms in total. The van der Waals surface area contributed by atoms with Crippen molar-refractivity contribution in [2.75, 3.05) is 11.9 Å². The SMILES string of the molecule is CCOC(=O)C(=CNc1cccc(Cn2ccnn2)c1)C(=O)c1cc(F)c(F)cc1F. The lowest BCUT2D eigenvalue weighted by molar-refractivity contribution is -0.138. The van der Waals surface area contributed by atoms with Gasteiger partial charge in [-0.25, -0.2) is 22.6 Å². The Morgan fingerprint density at radius 3 is 2.61 bits per heavy atom. The van der Waals surface area contributed by atoms with Gasteiger partial charge in [-0.05, 0) is 30.7 Å². The number of nitrogens with one attached hydrogen (secondary N) is 1. The van der Waals surface area contributed by atoms with Crippen LogP contribution in [0.2, 0.25) is 0 Å². The van der Waals surface area contributed by atoms with Crippen LogP contribution in [0.1, 0.15) is 22.8 Å². The van der Waals surface area contributed by atoms with Gasteiger partial charge >= 0.3 is 5.97 Å². The molecule has 1 heterocycles. The molecule has 0 radical (unpaired) electrons. The zero-order valence-corrected chi connectivity index (χ0v) is 16.3. The lowest BCUT2D eigenvalue weighted by Crippen LogP contribution is -2.19. The number of aromatic nitrogens is 3. The molecule has 0 spiro atoms. The van der Waals surface area contributed by atoms with Crippen LogP contribution in [0.5, 0.6) is 0 Å². The highest BCUT2D eigenvalue weighted by atomic mass is 19.2. The van der Waals surface area contributed by atoms with Crippen molar-refractivity contribution < 1.29 is 27.5 Å². The van der Waals surface area contributed by atoms with Crippen molar-refractivity contribution in [3.8, 4) is 0 Å². The standard InChI is InChI=1S/C21H17F3N4O3/c1-2-31-21(30)16(20(29)15-9-18(23)19(24)10-17(15)22)11-25-14-5-3-4-13(8-14)12-28-7-6-26-27-28/h3-11,25H,2,12H2,1H3. The normalized spacial score (nSPS) is 11.3. The summed E-state index contributed by atoms with van der Waals surface area (Å²) in [6, 6.07) is 7.63. The van der Waals surface area contributed by atoms with Crippen molar-refractivity contribution in [3.05, 3.63) is 89.1 Å². The molecule has 1 N–H and O–H groups in total. The highest BCUT2D eigenvalue weighted by Crippen LogP contribution is 2.19. The Morgan fingerprint density at radius 2 is 1.90 bits per heavy atom. The van der Waals surface area contributed by atoms with E-state index < -0.39 is 40.3 Å². The number of carbonyl (C=O) groups excluding carboxylic acids is 2. The van der Waals surface area contributed by atoms with Crippen LogP contribution >= 0.6 is 0 Å². The Morgan fingerprint density at radius 1 is 1.13 bits per heavy atom. The third-order valence-corrected chi connectivity index (χ3v) is 4.12. The van der Waals surface area contributed by atoms with E-state index in [1.807, 2.05) is 6.07 Å². The number of anilines is 1. The molecular weight excluding hydrogens is 413 g/mol. The first-order chi connectivity index (χ1) is 14.9. The highest BCUT2D eigenvalue weighted by molar-refractivity contribution is 6.24. The minimum absolute atomic E-state index is 0.0445. The number of esters is 1. The van der Waals surface area contributed by atoms with Gasteiger partial charge < -0.3 is 10.1 Å².